The molecule has 2 aromatic rings. The summed E-state index contributed by atoms with van der Waals surface area (Å²) in [5, 5.41) is 12.6. The molecule has 2 heterocycles. The summed E-state index contributed by atoms with van der Waals surface area (Å²) in [6.07, 6.45) is 1.57. The summed E-state index contributed by atoms with van der Waals surface area (Å²) in [5.41, 5.74) is 1.17. The van der Waals surface area contributed by atoms with E-state index in [0.717, 1.165) is 0 Å². The fourth-order valence-corrected chi connectivity index (χ4v) is 1.35. The number of fused-ring (bicyclic) bond motifs is 1. The molecule has 0 radical (unpaired) electrons. The molecule has 0 fully saturated rings. The minimum absolute atomic E-state index is 0.0323. The zero-order chi connectivity index (χ0) is 10.1. The van der Waals surface area contributed by atoms with Crippen LogP contribution in [-0.2, 0) is 5.88 Å². The van der Waals surface area contributed by atoms with Gasteiger partial charge in [0.2, 0.25) is 0 Å². The second-order valence-corrected chi connectivity index (χ2v) is 2.94. The number of halogens is 1. The van der Waals surface area contributed by atoms with Gasteiger partial charge in [0, 0.05) is 12.3 Å². The van der Waals surface area contributed by atoms with Crippen LogP contribution < -0.4 is 0 Å². The van der Waals surface area contributed by atoms with Crippen molar-refractivity contribution < 1.29 is 9.90 Å². The Hall–Kier alpha value is -1.62. The molecule has 0 atom stereocenters. The number of hydrogen-bond donors (Lipinski definition) is 1. The van der Waals surface area contributed by atoms with Crippen LogP contribution in [0.5, 0.6) is 0 Å². The third kappa shape index (κ3) is 1.31. The smallest absolute Gasteiger partial charge is 0.356 e. The van der Waals surface area contributed by atoms with Gasteiger partial charge in [0.25, 0.3) is 0 Å². The lowest BCUT2D eigenvalue weighted by Gasteiger charge is -1.97. The first kappa shape index (κ1) is 8.96. The van der Waals surface area contributed by atoms with E-state index in [1.54, 1.807) is 12.3 Å². The lowest BCUT2D eigenvalue weighted by atomic mass is 10.4. The molecule has 0 spiro atoms. The zero-order valence-corrected chi connectivity index (χ0v) is 7.77. The minimum atomic E-state index is -1.07. The monoisotopic (exact) mass is 211 g/mol. The average Bonchev–Trinajstić information content (AvgIpc) is 2.60. The van der Waals surface area contributed by atoms with Crippen LogP contribution in [0, 0.1) is 0 Å². The summed E-state index contributed by atoms with van der Waals surface area (Å²) in [4.78, 5) is 14.6. The first-order valence-corrected chi connectivity index (χ1v) is 4.39. The summed E-state index contributed by atoms with van der Waals surface area (Å²) < 4.78 is 1.43. The second-order valence-electron chi connectivity index (χ2n) is 2.67. The van der Waals surface area contributed by atoms with Crippen molar-refractivity contribution in [1.29, 1.82) is 0 Å². The molecule has 0 saturated carbocycles. The van der Waals surface area contributed by atoms with Gasteiger partial charge in [-0.25, -0.2) is 14.3 Å². The van der Waals surface area contributed by atoms with E-state index in [0.29, 0.717) is 11.3 Å². The SMILES string of the molecule is O=C(O)c1cc2nccc(CCl)n2n1. The molecule has 1 N–H and O–H groups in total. The number of carbonyl (C=O) groups is 1. The van der Waals surface area contributed by atoms with Gasteiger partial charge in [-0.3, -0.25) is 0 Å². The van der Waals surface area contributed by atoms with Crippen LogP contribution in [-0.4, -0.2) is 25.7 Å². The number of rotatable bonds is 2. The molecule has 5 nitrogen and oxygen atoms in total. The minimum Gasteiger partial charge on any atom is -0.476 e. The molecule has 0 aliphatic heterocycles. The van der Waals surface area contributed by atoms with E-state index < -0.39 is 5.97 Å². The highest BCUT2D eigenvalue weighted by atomic mass is 35.5. The Morgan fingerprint density at radius 3 is 3.07 bits per heavy atom. The predicted molar refractivity (Wildman–Crippen MR) is 49.5 cm³/mol. The molecule has 0 bridgehead atoms. The van der Waals surface area contributed by atoms with Gasteiger partial charge >= 0.3 is 5.97 Å². The van der Waals surface area contributed by atoms with E-state index in [1.807, 2.05) is 0 Å². The van der Waals surface area contributed by atoms with Crippen LogP contribution in [0.3, 0.4) is 0 Å². The number of aromatic carboxylic acids is 1. The number of carboxylic acid groups (broad SMARTS) is 1. The highest BCUT2D eigenvalue weighted by Gasteiger charge is 2.10. The first-order chi connectivity index (χ1) is 6.72. The summed E-state index contributed by atoms with van der Waals surface area (Å²) in [6, 6.07) is 3.09. The molecule has 0 aliphatic carbocycles. The molecule has 2 rings (SSSR count). The third-order valence-corrected chi connectivity index (χ3v) is 2.07. The summed E-state index contributed by atoms with van der Waals surface area (Å²) in [7, 11) is 0. The Morgan fingerprint density at radius 2 is 2.43 bits per heavy atom. The van der Waals surface area contributed by atoms with Gasteiger partial charge < -0.3 is 5.11 Å². The fraction of sp³-hybridized carbons (Fsp3) is 0.125. The quantitative estimate of drug-likeness (QED) is 0.757. The second kappa shape index (κ2) is 3.26. The molecule has 6 heteroatoms. The zero-order valence-electron chi connectivity index (χ0n) is 7.01. The maximum Gasteiger partial charge on any atom is 0.356 e. The highest BCUT2D eigenvalue weighted by molar-refractivity contribution is 6.16. The van der Waals surface area contributed by atoms with Crippen molar-refractivity contribution in [3.05, 3.63) is 29.7 Å². The van der Waals surface area contributed by atoms with E-state index in [1.165, 1.54) is 10.6 Å². The van der Waals surface area contributed by atoms with Gasteiger partial charge in [0.05, 0.1) is 11.6 Å². The van der Waals surface area contributed by atoms with E-state index in [4.69, 9.17) is 16.7 Å². The van der Waals surface area contributed by atoms with Gasteiger partial charge in [0.15, 0.2) is 11.3 Å². The average molecular weight is 212 g/mol. The Kier molecular flexibility index (Phi) is 2.09. The van der Waals surface area contributed by atoms with Crippen molar-refractivity contribution in [2.75, 3.05) is 0 Å². The molecule has 2 aromatic heterocycles. The first-order valence-electron chi connectivity index (χ1n) is 3.85. The molecule has 72 valence electrons. The van der Waals surface area contributed by atoms with Crippen LogP contribution in [0.4, 0.5) is 0 Å². The van der Waals surface area contributed by atoms with Crippen LogP contribution in [0.1, 0.15) is 16.2 Å². The molecule has 0 aliphatic rings. The molecule has 14 heavy (non-hydrogen) atoms. The number of nitrogens with zero attached hydrogens (tertiary/aromatic N) is 3. The van der Waals surface area contributed by atoms with Crippen molar-refractivity contribution in [2.24, 2.45) is 0 Å². The molecule has 0 saturated heterocycles. The van der Waals surface area contributed by atoms with Crippen LogP contribution in [0.15, 0.2) is 18.3 Å². The fourth-order valence-electron chi connectivity index (χ4n) is 1.15. The normalized spacial score (nSPS) is 10.6. The van der Waals surface area contributed by atoms with Crippen molar-refractivity contribution in [3.8, 4) is 0 Å². The molecule has 0 unspecified atom stereocenters. The van der Waals surface area contributed by atoms with E-state index in [-0.39, 0.29) is 11.6 Å². The van der Waals surface area contributed by atoms with Gasteiger partial charge in [-0.05, 0) is 6.07 Å². The number of alkyl halides is 1. The van der Waals surface area contributed by atoms with Crippen LogP contribution >= 0.6 is 11.6 Å². The Bertz CT molecular complexity index is 494. The van der Waals surface area contributed by atoms with E-state index >= 15 is 0 Å². The highest BCUT2D eigenvalue weighted by Crippen LogP contribution is 2.08. The maximum absolute atomic E-state index is 10.6. The largest absolute Gasteiger partial charge is 0.476 e. The van der Waals surface area contributed by atoms with Gasteiger partial charge in [-0.2, -0.15) is 5.10 Å². The third-order valence-electron chi connectivity index (χ3n) is 1.79. The Morgan fingerprint density at radius 1 is 1.64 bits per heavy atom. The van der Waals surface area contributed by atoms with Crippen molar-refractivity contribution in [1.82, 2.24) is 14.6 Å². The number of hydrogen-bond acceptors (Lipinski definition) is 3. The number of aromatic nitrogens is 3. The van der Waals surface area contributed by atoms with Gasteiger partial charge in [0.1, 0.15) is 0 Å². The molecule has 0 aromatic carbocycles. The van der Waals surface area contributed by atoms with Gasteiger partial charge in [-0.15, -0.1) is 11.6 Å². The van der Waals surface area contributed by atoms with E-state index in [2.05, 4.69) is 10.1 Å². The van der Waals surface area contributed by atoms with Crippen LogP contribution in [0.2, 0.25) is 0 Å². The van der Waals surface area contributed by atoms with Crippen molar-refractivity contribution in [2.45, 2.75) is 5.88 Å². The lowest BCUT2D eigenvalue weighted by molar-refractivity contribution is 0.0690. The van der Waals surface area contributed by atoms with Crippen molar-refractivity contribution in [3.63, 3.8) is 0 Å². The topological polar surface area (TPSA) is 67.5 Å². The molecular formula is C8H6ClN3O2. The standard InChI is InChI=1S/C8H6ClN3O2/c9-4-5-1-2-10-7-3-6(8(13)14)11-12(5)7/h1-3H,4H2,(H,13,14). The Balaban J connectivity index is 2.70. The summed E-state index contributed by atoms with van der Waals surface area (Å²) >= 11 is 5.66. The molecule has 0 amide bonds. The Labute approximate surface area is 83.9 Å². The maximum atomic E-state index is 10.6. The van der Waals surface area contributed by atoms with Crippen LogP contribution in [0.25, 0.3) is 5.65 Å². The van der Waals surface area contributed by atoms with E-state index in [9.17, 15) is 4.79 Å². The molecular weight excluding hydrogens is 206 g/mol. The van der Waals surface area contributed by atoms with Crippen molar-refractivity contribution >= 4 is 23.2 Å². The number of carboxylic acids is 1. The summed E-state index contributed by atoms with van der Waals surface area (Å²) in [5.74, 6) is -0.809. The lowest BCUT2D eigenvalue weighted by Crippen LogP contribution is -2.00. The summed E-state index contributed by atoms with van der Waals surface area (Å²) in [6.45, 7) is 0. The van der Waals surface area contributed by atoms with Gasteiger partial charge in [-0.1, -0.05) is 0 Å². The predicted octanol–water partition coefficient (Wildman–Crippen LogP) is 1.17.